The smallest absolute Gasteiger partial charge is 0.298 e. The number of hydrazone groups is 1. The van der Waals surface area contributed by atoms with E-state index >= 15 is 0 Å². The number of anilines is 2. The molecule has 0 spiro atoms. The maximum Gasteiger partial charge on any atom is 0.298 e. The maximum absolute atomic E-state index is 11.9. The van der Waals surface area contributed by atoms with E-state index in [0.29, 0.717) is 30.6 Å². The van der Waals surface area contributed by atoms with E-state index in [-0.39, 0.29) is 11.9 Å². The molecule has 4 aromatic rings. The average molecular weight is 479 g/mol. The molecular weight excluding hydrogens is 456 g/mol. The third-order valence-electron chi connectivity index (χ3n) is 6.33. The molecule has 2 aliphatic heterocycles. The Labute approximate surface area is 207 Å². The molecule has 1 fully saturated rings. The second-order valence-electron chi connectivity index (χ2n) is 8.50. The molecule has 0 saturated carbocycles. The van der Waals surface area contributed by atoms with E-state index in [4.69, 9.17) is 16.3 Å². The standard InChI is InChI=1S/C26H22N8O2/c1-2-22(35)33-13-10-18(11-14-33)34-26-23-20(15-28-25(23)29-16-30-26)24(32-34)31-17-6-8-19(9-7-17)36-21-5-3-4-12-27-21/h1,3-9,12,15-16,18H,10-11,13-14H2,(H,31,32)(H,28,29,30). The second kappa shape index (κ2) is 9.03. The molecule has 36 heavy (non-hydrogen) atoms. The molecule has 10 heteroatoms. The van der Waals surface area contributed by atoms with Crippen molar-refractivity contribution < 1.29 is 9.53 Å². The van der Waals surface area contributed by atoms with Gasteiger partial charge in [0, 0.05) is 42.8 Å². The summed E-state index contributed by atoms with van der Waals surface area (Å²) in [5.74, 6) is 4.59. The normalized spacial score (nSPS) is 15.4. The first-order valence-electron chi connectivity index (χ1n) is 11.6. The first kappa shape index (κ1) is 21.6. The van der Waals surface area contributed by atoms with Gasteiger partial charge in [-0.05, 0) is 49.1 Å². The van der Waals surface area contributed by atoms with E-state index in [0.717, 1.165) is 40.9 Å². The third kappa shape index (κ3) is 3.96. The zero-order valence-corrected chi connectivity index (χ0v) is 19.3. The Hall–Kier alpha value is -4.91. The Morgan fingerprint density at radius 2 is 1.94 bits per heavy atom. The monoisotopic (exact) mass is 478 g/mol. The van der Waals surface area contributed by atoms with Crippen molar-refractivity contribution in [2.45, 2.75) is 18.9 Å². The van der Waals surface area contributed by atoms with Gasteiger partial charge in [-0.25, -0.2) is 20.0 Å². The van der Waals surface area contributed by atoms with Crippen molar-refractivity contribution in [2.24, 2.45) is 5.10 Å². The lowest BCUT2D eigenvalue weighted by Crippen LogP contribution is -2.46. The number of nitrogens with zero attached hydrogens (tertiary/aromatic N) is 6. The number of nitrogens with one attached hydrogen (secondary N) is 2. The summed E-state index contributed by atoms with van der Waals surface area (Å²) < 4.78 is 5.79. The van der Waals surface area contributed by atoms with Crippen molar-refractivity contribution in [1.82, 2.24) is 24.8 Å². The summed E-state index contributed by atoms with van der Waals surface area (Å²) in [6, 6.07) is 13.2. The maximum atomic E-state index is 11.9. The van der Waals surface area contributed by atoms with Crippen molar-refractivity contribution in [3.05, 3.63) is 66.7 Å². The van der Waals surface area contributed by atoms with Crippen LogP contribution in [-0.2, 0) is 4.79 Å². The summed E-state index contributed by atoms with van der Waals surface area (Å²) in [5.41, 5.74) is 2.49. The highest BCUT2D eigenvalue weighted by Crippen LogP contribution is 2.35. The van der Waals surface area contributed by atoms with Crippen LogP contribution in [0.25, 0.3) is 11.0 Å². The fourth-order valence-electron chi connectivity index (χ4n) is 4.54. The summed E-state index contributed by atoms with van der Waals surface area (Å²) in [7, 11) is 0. The average Bonchev–Trinajstić information content (AvgIpc) is 3.37. The van der Waals surface area contributed by atoms with E-state index in [1.807, 2.05) is 47.6 Å². The Kier molecular flexibility index (Phi) is 5.42. The van der Waals surface area contributed by atoms with Gasteiger partial charge in [-0.15, -0.1) is 6.42 Å². The summed E-state index contributed by atoms with van der Waals surface area (Å²) in [6.45, 7) is 1.16. The highest BCUT2D eigenvalue weighted by molar-refractivity contribution is 6.19. The van der Waals surface area contributed by atoms with Crippen molar-refractivity contribution in [3.8, 4) is 24.0 Å². The summed E-state index contributed by atoms with van der Waals surface area (Å²) >= 11 is 0. The van der Waals surface area contributed by atoms with E-state index in [9.17, 15) is 4.79 Å². The Balaban J connectivity index is 1.26. The van der Waals surface area contributed by atoms with E-state index in [1.165, 1.54) is 6.33 Å². The van der Waals surface area contributed by atoms with Crippen LogP contribution in [0.3, 0.4) is 0 Å². The van der Waals surface area contributed by atoms with Gasteiger partial charge >= 0.3 is 0 Å². The summed E-state index contributed by atoms with van der Waals surface area (Å²) in [6.07, 6.45) is 11.9. The SMILES string of the molecule is C#CC(=O)N1CCC(N2N=C(Nc3ccc(Oc4ccccn4)cc3)c3c[nH]c4ncnc2c34)CC1. The molecule has 178 valence electrons. The highest BCUT2D eigenvalue weighted by Gasteiger charge is 2.33. The third-order valence-corrected chi connectivity index (χ3v) is 6.33. The van der Waals surface area contributed by atoms with Crippen LogP contribution in [0.1, 0.15) is 18.4 Å². The van der Waals surface area contributed by atoms with Crippen LogP contribution < -0.4 is 15.1 Å². The number of terminal acetylenes is 1. The number of aromatic amines is 1. The van der Waals surface area contributed by atoms with Crippen LogP contribution in [-0.4, -0.2) is 55.7 Å². The minimum Gasteiger partial charge on any atom is -0.439 e. The van der Waals surface area contributed by atoms with Crippen LogP contribution >= 0.6 is 0 Å². The van der Waals surface area contributed by atoms with Gasteiger partial charge in [-0.1, -0.05) is 6.07 Å². The predicted molar refractivity (Wildman–Crippen MR) is 136 cm³/mol. The van der Waals surface area contributed by atoms with Crippen molar-refractivity contribution >= 4 is 34.3 Å². The minimum atomic E-state index is -0.272. The highest BCUT2D eigenvalue weighted by atomic mass is 16.5. The molecule has 0 bridgehead atoms. The first-order valence-corrected chi connectivity index (χ1v) is 11.6. The molecule has 6 rings (SSSR count). The van der Waals surface area contributed by atoms with E-state index in [1.54, 1.807) is 17.2 Å². The number of carbonyl (C=O) groups is 1. The number of aromatic nitrogens is 4. The Bertz CT molecular complexity index is 1480. The molecule has 0 unspecified atom stereocenters. The molecule has 1 amide bonds. The Morgan fingerprint density at radius 3 is 2.69 bits per heavy atom. The number of pyridine rings is 1. The molecule has 0 atom stereocenters. The van der Waals surface area contributed by atoms with Gasteiger partial charge in [0.2, 0.25) is 5.88 Å². The number of likely N-dealkylation sites (tertiary alicyclic amines) is 1. The molecule has 2 aliphatic rings. The number of rotatable bonds is 4. The van der Waals surface area contributed by atoms with Crippen LogP contribution in [0, 0.1) is 12.3 Å². The van der Waals surface area contributed by atoms with Crippen molar-refractivity contribution in [3.63, 3.8) is 0 Å². The zero-order valence-electron chi connectivity index (χ0n) is 19.3. The quantitative estimate of drug-likeness (QED) is 0.433. The number of amidine groups is 1. The lowest BCUT2D eigenvalue weighted by Gasteiger charge is -2.37. The van der Waals surface area contributed by atoms with E-state index in [2.05, 4.69) is 31.2 Å². The molecule has 5 heterocycles. The number of ether oxygens (including phenoxy) is 1. The second-order valence-corrected chi connectivity index (χ2v) is 8.50. The number of carbonyl (C=O) groups excluding carboxylic acids is 1. The molecule has 1 saturated heterocycles. The Morgan fingerprint density at radius 1 is 1.11 bits per heavy atom. The molecule has 2 N–H and O–H groups in total. The van der Waals surface area contributed by atoms with E-state index < -0.39 is 0 Å². The van der Waals surface area contributed by atoms with Gasteiger partial charge in [-0.3, -0.25) is 4.79 Å². The van der Waals surface area contributed by atoms with Gasteiger partial charge in [-0.2, -0.15) is 5.10 Å². The van der Waals surface area contributed by atoms with Gasteiger partial charge in [0.15, 0.2) is 11.7 Å². The molecule has 0 aliphatic carbocycles. The van der Waals surface area contributed by atoms with Gasteiger partial charge in [0.25, 0.3) is 5.91 Å². The van der Waals surface area contributed by atoms with Crippen LogP contribution in [0.5, 0.6) is 11.6 Å². The fourth-order valence-corrected chi connectivity index (χ4v) is 4.54. The lowest BCUT2D eigenvalue weighted by molar-refractivity contribution is -0.126. The zero-order chi connectivity index (χ0) is 24.5. The van der Waals surface area contributed by atoms with Gasteiger partial charge < -0.3 is 19.9 Å². The topological polar surface area (TPSA) is 112 Å². The predicted octanol–water partition coefficient (Wildman–Crippen LogP) is 3.36. The number of hydrogen-bond acceptors (Lipinski definition) is 8. The van der Waals surface area contributed by atoms with Crippen LogP contribution in [0.15, 0.2) is 66.3 Å². The lowest BCUT2D eigenvalue weighted by atomic mass is 10.0. The van der Waals surface area contributed by atoms with Gasteiger partial charge in [0.05, 0.1) is 11.4 Å². The number of piperidine rings is 1. The van der Waals surface area contributed by atoms with Crippen LogP contribution in [0.4, 0.5) is 11.5 Å². The van der Waals surface area contributed by atoms with Crippen molar-refractivity contribution in [2.75, 3.05) is 23.4 Å². The number of H-pyrrole nitrogens is 1. The minimum absolute atomic E-state index is 0.0684. The molecule has 3 aromatic heterocycles. The summed E-state index contributed by atoms with van der Waals surface area (Å²) in [5, 5.41) is 11.3. The first-order chi connectivity index (χ1) is 17.7. The largest absolute Gasteiger partial charge is 0.439 e. The fraction of sp³-hybridized carbons (Fsp3) is 0.192. The van der Waals surface area contributed by atoms with Gasteiger partial charge in [0.1, 0.15) is 17.7 Å². The van der Waals surface area contributed by atoms with Crippen molar-refractivity contribution in [1.29, 1.82) is 0 Å². The number of hydrogen-bond donors (Lipinski definition) is 2. The molecular formula is C26H22N8O2. The molecule has 0 radical (unpaired) electrons. The molecule has 1 aromatic carbocycles. The number of benzene rings is 1. The van der Waals surface area contributed by atoms with Crippen LogP contribution in [0.2, 0.25) is 0 Å². The summed E-state index contributed by atoms with van der Waals surface area (Å²) in [4.78, 5) is 30.0. The molecule has 10 nitrogen and oxygen atoms in total. The number of amides is 1.